The van der Waals surface area contributed by atoms with Crippen molar-refractivity contribution in [3.63, 3.8) is 0 Å². The lowest BCUT2D eigenvalue weighted by molar-refractivity contribution is -0.134. The van der Waals surface area contributed by atoms with Gasteiger partial charge in [0, 0.05) is 43.5 Å². The number of nitrogens with zero attached hydrogens (tertiary/aromatic N) is 4. The molecule has 10 heteroatoms. The van der Waals surface area contributed by atoms with Crippen LogP contribution in [0, 0.1) is 5.92 Å². The molecule has 1 aliphatic rings. The van der Waals surface area contributed by atoms with Crippen LogP contribution in [0.15, 0.2) is 58.2 Å². The zero-order valence-corrected chi connectivity index (χ0v) is 20.6. The van der Waals surface area contributed by atoms with E-state index in [1.807, 2.05) is 55.1 Å². The van der Waals surface area contributed by atoms with Crippen molar-refractivity contribution in [3.8, 4) is 11.5 Å². The topological polar surface area (TPSA) is 91.6 Å². The van der Waals surface area contributed by atoms with E-state index in [4.69, 9.17) is 16.0 Å². The second-order valence-electron chi connectivity index (χ2n) is 8.20. The summed E-state index contributed by atoms with van der Waals surface area (Å²) in [7, 11) is 0. The van der Waals surface area contributed by atoms with Crippen molar-refractivity contribution in [1.82, 2.24) is 15.1 Å². The molecule has 0 radical (unpaired) electrons. The molecule has 0 spiro atoms. The summed E-state index contributed by atoms with van der Waals surface area (Å²) in [6.07, 6.45) is 0. The zero-order chi connectivity index (χ0) is 24.1. The molecular formula is C24H26ClN5O3S. The summed E-state index contributed by atoms with van der Waals surface area (Å²) in [4.78, 5) is 28.7. The van der Waals surface area contributed by atoms with Crippen molar-refractivity contribution < 1.29 is 14.0 Å². The lowest BCUT2D eigenvalue weighted by Crippen LogP contribution is -2.49. The van der Waals surface area contributed by atoms with E-state index in [-0.39, 0.29) is 23.5 Å². The van der Waals surface area contributed by atoms with E-state index in [2.05, 4.69) is 20.4 Å². The Labute approximate surface area is 207 Å². The third kappa shape index (κ3) is 5.90. The minimum atomic E-state index is -0.170. The van der Waals surface area contributed by atoms with Gasteiger partial charge in [-0.3, -0.25) is 9.59 Å². The third-order valence-electron chi connectivity index (χ3n) is 5.44. The van der Waals surface area contributed by atoms with Crippen LogP contribution in [0.3, 0.4) is 0 Å². The highest BCUT2D eigenvalue weighted by Crippen LogP contribution is 2.28. The van der Waals surface area contributed by atoms with Crippen LogP contribution in [0.1, 0.15) is 13.8 Å². The first-order valence-electron chi connectivity index (χ1n) is 11.1. The highest BCUT2D eigenvalue weighted by atomic mass is 35.5. The summed E-state index contributed by atoms with van der Waals surface area (Å²) in [5.74, 6) is 0.514. The molecular weight excluding hydrogens is 474 g/mol. The number of anilines is 2. The van der Waals surface area contributed by atoms with Crippen molar-refractivity contribution in [3.05, 3.63) is 53.6 Å². The second-order valence-corrected chi connectivity index (χ2v) is 9.54. The monoisotopic (exact) mass is 499 g/mol. The zero-order valence-electron chi connectivity index (χ0n) is 19.0. The van der Waals surface area contributed by atoms with Crippen molar-refractivity contribution in [2.24, 2.45) is 5.92 Å². The maximum absolute atomic E-state index is 12.4. The summed E-state index contributed by atoms with van der Waals surface area (Å²) in [5, 5.41) is 11.7. The minimum Gasteiger partial charge on any atom is -0.411 e. The first kappa shape index (κ1) is 24.1. The minimum absolute atomic E-state index is 0.0249. The van der Waals surface area contributed by atoms with Crippen molar-refractivity contribution in [2.75, 3.05) is 42.1 Å². The molecule has 8 nitrogen and oxygen atoms in total. The Morgan fingerprint density at radius 1 is 1.06 bits per heavy atom. The molecule has 0 unspecified atom stereocenters. The van der Waals surface area contributed by atoms with Gasteiger partial charge in [0.25, 0.3) is 5.22 Å². The van der Waals surface area contributed by atoms with Gasteiger partial charge in [-0.2, -0.15) is 0 Å². The van der Waals surface area contributed by atoms with Crippen molar-refractivity contribution >= 4 is 46.6 Å². The Hall–Kier alpha value is -3.04. The van der Waals surface area contributed by atoms with Crippen LogP contribution in [0.25, 0.3) is 11.5 Å². The average molecular weight is 500 g/mol. The molecule has 34 heavy (non-hydrogen) atoms. The molecule has 0 aliphatic carbocycles. The fourth-order valence-corrected chi connectivity index (χ4v) is 4.42. The predicted octanol–water partition coefficient (Wildman–Crippen LogP) is 4.43. The van der Waals surface area contributed by atoms with Gasteiger partial charge >= 0.3 is 0 Å². The molecule has 0 bridgehead atoms. The third-order valence-corrected chi connectivity index (χ3v) is 6.59. The van der Waals surface area contributed by atoms with Gasteiger partial charge in [0.1, 0.15) is 0 Å². The second kappa shape index (κ2) is 10.9. The van der Waals surface area contributed by atoms with Crippen LogP contribution in [-0.2, 0) is 9.59 Å². The van der Waals surface area contributed by atoms with Gasteiger partial charge in [0.05, 0.1) is 16.3 Å². The van der Waals surface area contributed by atoms with Gasteiger partial charge in [-0.15, -0.1) is 10.2 Å². The van der Waals surface area contributed by atoms with Crippen LogP contribution in [0.2, 0.25) is 5.02 Å². The van der Waals surface area contributed by atoms with Crippen LogP contribution < -0.4 is 10.2 Å². The van der Waals surface area contributed by atoms with Gasteiger partial charge in [-0.1, -0.05) is 49.3 Å². The van der Waals surface area contributed by atoms with Gasteiger partial charge < -0.3 is 19.5 Å². The molecule has 4 rings (SSSR count). The summed E-state index contributed by atoms with van der Waals surface area (Å²) in [6, 6.07) is 14.9. The molecule has 1 aliphatic heterocycles. The fraction of sp³-hybridized carbons (Fsp3) is 0.333. The van der Waals surface area contributed by atoms with Gasteiger partial charge in [0.15, 0.2) is 0 Å². The van der Waals surface area contributed by atoms with E-state index < -0.39 is 0 Å². The van der Waals surface area contributed by atoms with Gasteiger partial charge in [-0.25, -0.2) is 0 Å². The summed E-state index contributed by atoms with van der Waals surface area (Å²) in [5.41, 5.74) is 2.44. The number of thioether (sulfide) groups is 1. The Bertz CT molecular complexity index is 1140. The van der Waals surface area contributed by atoms with Crippen LogP contribution >= 0.6 is 23.4 Å². The molecule has 3 aromatic rings. The lowest BCUT2D eigenvalue weighted by atomic mass is 10.1. The SMILES string of the molecule is CC(C)C(=O)N1CCN(c2ccc(NC(=O)CSc3nnc(-c4ccccc4Cl)o3)cc2)CC1. The van der Waals surface area contributed by atoms with Crippen molar-refractivity contribution in [2.45, 2.75) is 19.1 Å². The molecule has 178 valence electrons. The molecule has 2 amide bonds. The molecule has 0 saturated carbocycles. The Morgan fingerprint density at radius 3 is 2.44 bits per heavy atom. The average Bonchev–Trinajstić information content (AvgIpc) is 3.32. The normalized spacial score (nSPS) is 13.9. The Kier molecular flexibility index (Phi) is 7.74. The quantitative estimate of drug-likeness (QED) is 0.481. The number of halogens is 1. The largest absolute Gasteiger partial charge is 0.411 e. The van der Waals surface area contributed by atoms with E-state index in [9.17, 15) is 9.59 Å². The maximum atomic E-state index is 12.4. The molecule has 1 N–H and O–H groups in total. The molecule has 2 heterocycles. The lowest BCUT2D eigenvalue weighted by Gasteiger charge is -2.37. The number of piperazine rings is 1. The van der Waals surface area contributed by atoms with E-state index in [1.54, 1.807) is 12.1 Å². The number of hydrogen-bond acceptors (Lipinski definition) is 7. The first-order chi connectivity index (χ1) is 16.4. The first-order valence-corrected chi connectivity index (χ1v) is 12.4. The number of carbonyl (C=O) groups excluding carboxylic acids is 2. The molecule has 1 saturated heterocycles. The predicted molar refractivity (Wildman–Crippen MR) is 134 cm³/mol. The van der Waals surface area contributed by atoms with E-state index in [0.29, 0.717) is 27.4 Å². The highest BCUT2D eigenvalue weighted by Gasteiger charge is 2.23. The number of hydrogen-bond donors (Lipinski definition) is 1. The number of rotatable bonds is 7. The Balaban J connectivity index is 1.25. The standard InChI is InChI=1S/C24H26ClN5O3S/c1-16(2)23(32)30-13-11-29(12-14-30)18-9-7-17(8-10-18)26-21(31)15-34-24-28-27-22(33-24)19-5-3-4-6-20(19)25/h3-10,16H,11-15H2,1-2H3,(H,26,31). The molecule has 1 aromatic heterocycles. The van der Waals surface area contributed by atoms with E-state index in [0.717, 1.165) is 43.6 Å². The maximum Gasteiger partial charge on any atom is 0.277 e. The van der Waals surface area contributed by atoms with Crippen LogP contribution in [0.5, 0.6) is 0 Å². The molecule has 0 atom stereocenters. The van der Waals surface area contributed by atoms with Crippen molar-refractivity contribution in [1.29, 1.82) is 0 Å². The smallest absolute Gasteiger partial charge is 0.277 e. The summed E-state index contributed by atoms with van der Waals surface area (Å²) in [6.45, 7) is 6.89. The Morgan fingerprint density at radius 2 is 1.76 bits per heavy atom. The number of benzene rings is 2. The van der Waals surface area contributed by atoms with Gasteiger partial charge in [0.2, 0.25) is 17.7 Å². The number of nitrogens with one attached hydrogen (secondary N) is 1. The number of amides is 2. The summed E-state index contributed by atoms with van der Waals surface area (Å²) < 4.78 is 5.62. The molecule has 2 aromatic carbocycles. The van der Waals surface area contributed by atoms with Crippen LogP contribution in [0.4, 0.5) is 11.4 Å². The van der Waals surface area contributed by atoms with E-state index in [1.165, 1.54) is 0 Å². The van der Waals surface area contributed by atoms with E-state index >= 15 is 0 Å². The van der Waals surface area contributed by atoms with Crippen LogP contribution in [-0.4, -0.2) is 58.8 Å². The number of carbonyl (C=O) groups is 2. The highest BCUT2D eigenvalue weighted by molar-refractivity contribution is 7.99. The summed E-state index contributed by atoms with van der Waals surface area (Å²) >= 11 is 7.32. The van der Waals surface area contributed by atoms with Gasteiger partial charge in [-0.05, 0) is 36.4 Å². The fourth-order valence-electron chi connectivity index (χ4n) is 3.64. The number of aromatic nitrogens is 2. The molecule has 1 fully saturated rings.